The third-order valence-corrected chi connectivity index (χ3v) is 15.9. The minimum absolute atomic E-state index is 0.320. The molecular weight excluding hydrogens is 903 g/mol. The Kier molecular flexibility index (Phi) is 12.7. The molecule has 18 heteroatoms. The molecule has 4 fully saturated rings. The van der Waals surface area contributed by atoms with Gasteiger partial charge in [0.2, 0.25) is 0 Å². The number of hydrogen-bond donors (Lipinski definition) is 2. The van der Waals surface area contributed by atoms with Crippen LogP contribution in [-0.2, 0) is 0 Å². The lowest BCUT2D eigenvalue weighted by Gasteiger charge is -2.41. The summed E-state index contributed by atoms with van der Waals surface area (Å²) < 4.78 is 11.8. The molecule has 2 aliphatic carbocycles. The van der Waals surface area contributed by atoms with Gasteiger partial charge in [-0.2, -0.15) is 10.2 Å². The van der Waals surface area contributed by atoms with E-state index in [4.69, 9.17) is 26.1 Å². The van der Waals surface area contributed by atoms with Gasteiger partial charge in [-0.25, -0.2) is 39.3 Å². The minimum atomic E-state index is 0.320. The van der Waals surface area contributed by atoms with Crippen molar-refractivity contribution in [1.82, 2.24) is 73.6 Å². The number of rotatable bonds is 8. The zero-order valence-corrected chi connectivity index (χ0v) is 41.2. The van der Waals surface area contributed by atoms with E-state index in [1.165, 1.54) is 84.4 Å². The molecule has 0 unspecified atom stereocenters. The Hall–Kier alpha value is -7.12. The van der Waals surface area contributed by atoms with E-state index in [1.807, 2.05) is 48.8 Å². The van der Waals surface area contributed by atoms with Gasteiger partial charge in [0.25, 0.3) is 0 Å². The molecule has 0 atom stereocenters. The van der Waals surface area contributed by atoms with E-state index in [0.29, 0.717) is 35.8 Å². The molecule has 2 saturated heterocycles. The lowest BCUT2D eigenvalue weighted by atomic mass is 9.90. The van der Waals surface area contributed by atoms with Crippen LogP contribution in [0.5, 0.6) is 0 Å². The van der Waals surface area contributed by atoms with Crippen molar-refractivity contribution in [1.29, 1.82) is 0 Å². The Balaban J connectivity index is 0.000000148. The van der Waals surface area contributed by atoms with Gasteiger partial charge in [-0.05, 0) is 89.7 Å². The van der Waals surface area contributed by atoms with Crippen LogP contribution in [0.4, 0.5) is 11.6 Å². The smallest absolute Gasteiger partial charge is 0.181 e. The van der Waals surface area contributed by atoms with Gasteiger partial charge in [0.1, 0.15) is 42.0 Å². The van der Waals surface area contributed by atoms with E-state index in [9.17, 15) is 0 Å². The van der Waals surface area contributed by atoms with E-state index in [-0.39, 0.29) is 0 Å². The summed E-state index contributed by atoms with van der Waals surface area (Å²) in [5.74, 6) is 1.69. The van der Waals surface area contributed by atoms with Crippen molar-refractivity contribution in [2.45, 2.75) is 75.5 Å². The maximum Gasteiger partial charge on any atom is 0.181 e. The number of anilines is 2. The van der Waals surface area contributed by atoms with Gasteiger partial charge < -0.3 is 25.7 Å². The second kappa shape index (κ2) is 19.8. The first-order valence-electron chi connectivity index (χ1n) is 25.7. The first-order valence-corrected chi connectivity index (χ1v) is 25.7. The number of nitrogens with two attached hydrogens (primary N) is 2. The summed E-state index contributed by atoms with van der Waals surface area (Å²) in [6, 6.07) is 26.7. The van der Waals surface area contributed by atoms with E-state index in [1.54, 1.807) is 18.9 Å². The summed E-state index contributed by atoms with van der Waals surface area (Å²) in [6.45, 7) is 9.36. The highest BCUT2D eigenvalue weighted by Gasteiger charge is 2.33. The number of fused-ring (bicyclic) bond motifs is 3. The first kappa shape index (κ1) is 46.0. The predicted octanol–water partition coefficient (Wildman–Crippen LogP) is 7.61. The van der Waals surface area contributed by atoms with Crippen LogP contribution in [0.3, 0.4) is 0 Å². The fraction of sp³-hybridized carbons (Fsp3) is 0.407. The highest BCUT2D eigenvalue weighted by molar-refractivity contribution is 5.99. The molecular formula is C54H63N17O. The van der Waals surface area contributed by atoms with Crippen molar-refractivity contribution in [3.05, 3.63) is 104 Å². The van der Waals surface area contributed by atoms with Crippen molar-refractivity contribution in [2.24, 2.45) is 0 Å². The average molecular weight is 966 g/mol. The van der Waals surface area contributed by atoms with Crippen LogP contribution >= 0.6 is 0 Å². The van der Waals surface area contributed by atoms with Crippen LogP contribution in [0, 0.1) is 0 Å². The molecule has 3 aromatic carbocycles. The van der Waals surface area contributed by atoms with Gasteiger partial charge in [0, 0.05) is 86.8 Å². The summed E-state index contributed by atoms with van der Waals surface area (Å²) >= 11 is 0. The third kappa shape index (κ3) is 8.97. The lowest BCUT2D eigenvalue weighted by molar-refractivity contribution is 0.0815. The number of nitrogens with zero attached hydrogens (tertiary/aromatic N) is 15. The summed E-state index contributed by atoms with van der Waals surface area (Å²) in [7, 11) is 4.43. The fourth-order valence-electron chi connectivity index (χ4n) is 11.7. The molecule has 13 rings (SSSR count). The SMILES string of the molecule is CN1CCN(C2CCC(n3nc(-c4ccc(-c5cnco5)cc4)c4c(N)ncnc43)CC2)CC1.CN1CCN(C2CCC(n3nc(-c4ccc(-n5cnc6ccccc65)cc4)c4c(N)ncnc43)CC2)CC1. The average Bonchev–Trinajstić information content (AvgIpc) is 4.27. The number of piperazine rings is 2. The fourth-order valence-corrected chi connectivity index (χ4v) is 11.7. The van der Waals surface area contributed by atoms with Crippen LogP contribution in [0.25, 0.3) is 72.6 Å². The van der Waals surface area contributed by atoms with Crippen molar-refractivity contribution >= 4 is 44.7 Å². The minimum Gasteiger partial charge on any atom is -0.444 e. The summed E-state index contributed by atoms with van der Waals surface area (Å²) in [5, 5.41) is 11.9. The maximum absolute atomic E-state index is 6.41. The maximum atomic E-state index is 6.41. The van der Waals surface area contributed by atoms with Crippen molar-refractivity contribution < 1.29 is 4.42 Å². The summed E-state index contributed by atoms with van der Waals surface area (Å²) in [4.78, 5) is 36.6. The highest BCUT2D eigenvalue weighted by atomic mass is 16.3. The number of likely N-dealkylation sites (N-methyl/N-ethyl adjacent to an activating group) is 2. The highest BCUT2D eigenvalue weighted by Crippen LogP contribution is 2.39. The van der Waals surface area contributed by atoms with Gasteiger partial charge in [0.15, 0.2) is 23.4 Å². The molecule has 0 amide bonds. The van der Waals surface area contributed by atoms with Crippen LogP contribution in [-0.4, -0.2) is 152 Å². The molecule has 4 N–H and O–H groups in total. The Bertz CT molecular complexity index is 3260. The molecule has 6 aromatic heterocycles. The molecule has 2 aliphatic heterocycles. The van der Waals surface area contributed by atoms with Crippen molar-refractivity contribution in [2.75, 3.05) is 77.9 Å². The third-order valence-electron chi connectivity index (χ3n) is 15.9. The number of aromatic nitrogens is 11. The molecule has 8 heterocycles. The van der Waals surface area contributed by atoms with Gasteiger partial charge in [-0.3, -0.25) is 14.4 Å². The molecule has 72 heavy (non-hydrogen) atoms. The standard InChI is InChI=1S/C29H33N9.C25H30N8O/c1-35-14-16-36(17-15-35)21-10-12-23(13-11-21)38-29-26(28(30)31-18-32-29)27(34-38)20-6-8-22(9-7-20)37-19-33-24-4-2-3-5-25(24)37;1-31-10-12-32(13-11-31)19-6-8-20(9-7-19)33-25-22(24(26)28-15-29-25)23(30-33)18-4-2-17(3-5-18)21-14-27-16-34-21/h2-9,18-19,21,23H,10-17H2,1H3,(H2,30,31,32);2-5,14-16,19-20H,6-13H2,1H3,(H2,26,28,29). The molecule has 370 valence electrons. The largest absolute Gasteiger partial charge is 0.444 e. The number of oxazole rings is 1. The molecule has 18 nitrogen and oxygen atoms in total. The Morgan fingerprint density at radius 3 is 1.49 bits per heavy atom. The number of imidazole rings is 1. The van der Waals surface area contributed by atoms with Crippen molar-refractivity contribution in [3.63, 3.8) is 0 Å². The van der Waals surface area contributed by atoms with E-state index in [2.05, 4.69) is 108 Å². The van der Waals surface area contributed by atoms with Gasteiger partial charge >= 0.3 is 0 Å². The van der Waals surface area contributed by atoms with E-state index >= 15 is 0 Å². The molecule has 2 saturated carbocycles. The van der Waals surface area contributed by atoms with Crippen LogP contribution in [0.1, 0.15) is 63.5 Å². The zero-order chi connectivity index (χ0) is 48.7. The normalized spacial score (nSPS) is 21.9. The number of nitrogen functional groups attached to an aromatic ring is 2. The second-order valence-corrected chi connectivity index (χ2v) is 20.2. The van der Waals surface area contributed by atoms with E-state index < -0.39 is 0 Å². The Morgan fingerprint density at radius 1 is 0.514 bits per heavy atom. The number of benzene rings is 3. The zero-order valence-electron chi connectivity index (χ0n) is 41.2. The molecule has 0 bridgehead atoms. The Labute approximate surface area is 418 Å². The van der Waals surface area contributed by atoms with Crippen LogP contribution in [0.2, 0.25) is 0 Å². The number of hydrogen-bond acceptors (Lipinski definition) is 15. The van der Waals surface area contributed by atoms with Crippen LogP contribution < -0.4 is 11.5 Å². The van der Waals surface area contributed by atoms with Gasteiger partial charge in [-0.15, -0.1) is 0 Å². The first-order chi connectivity index (χ1) is 35.3. The lowest BCUT2D eigenvalue weighted by Crippen LogP contribution is -2.49. The monoisotopic (exact) mass is 966 g/mol. The number of para-hydroxylation sites is 2. The second-order valence-electron chi connectivity index (χ2n) is 20.2. The molecule has 0 radical (unpaired) electrons. The predicted molar refractivity (Wildman–Crippen MR) is 281 cm³/mol. The quantitative estimate of drug-likeness (QED) is 0.151. The summed E-state index contributed by atoms with van der Waals surface area (Å²) in [6.07, 6.45) is 17.3. The Morgan fingerprint density at radius 2 is 0.986 bits per heavy atom. The van der Waals surface area contributed by atoms with Gasteiger partial charge in [0.05, 0.1) is 40.1 Å². The molecule has 0 spiro atoms. The van der Waals surface area contributed by atoms with Crippen molar-refractivity contribution in [3.8, 4) is 39.5 Å². The molecule has 4 aliphatic rings. The van der Waals surface area contributed by atoms with Crippen LogP contribution in [0.15, 0.2) is 109 Å². The van der Waals surface area contributed by atoms with Gasteiger partial charge in [-0.1, -0.05) is 48.5 Å². The molecule has 9 aromatic rings. The topological polar surface area (TPSA) is 196 Å². The van der Waals surface area contributed by atoms with E-state index in [0.717, 1.165) is 98.3 Å². The summed E-state index contributed by atoms with van der Waals surface area (Å²) in [5.41, 5.74) is 22.2.